The summed E-state index contributed by atoms with van der Waals surface area (Å²) in [6, 6.07) is 0. The van der Waals surface area contributed by atoms with Crippen LogP contribution in [0.25, 0.3) is 0 Å². The third-order valence-corrected chi connectivity index (χ3v) is 3.66. The SMILES string of the molecule is CC(=O)C(C)(C)CN(C)CC1CCCC1. The first-order valence-corrected chi connectivity index (χ1v) is 6.11. The van der Waals surface area contributed by atoms with E-state index in [1.54, 1.807) is 6.92 Å². The van der Waals surface area contributed by atoms with Crippen molar-refractivity contribution in [2.24, 2.45) is 11.3 Å². The number of hydrogen-bond donors (Lipinski definition) is 0. The van der Waals surface area contributed by atoms with Crippen molar-refractivity contribution in [3.63, 3.8) is 0 Å². The van der Waals surface area contributed by atoms with Crippen LogP contribution in [0.1, 0.15) is 46.5 Å². The van der Waals surface area contributed by atoms with Crippen LogP contribution < -0.4 is 0 Å². The second-order valence-corrected chi connectivity index (χ2v) is 5.79. The van der Waals surface area contributed by atoms with Crippen LogP contribution in [-0.4, -0.2) is 30.8 Å². The van der Waals surface area contributed by atoms with Gasteiger partial charge in [-0.1, -0.05) is 26.7 Å². The number of rotatable bonds is 5. The summed E-state index contributed by atoms with van der Waals surface area (Å²) in [5.41, 5.74) is -0.187. The van der Waals surface area contributed by atoms with Gasteiger partial charge in [0.2, 0.25) is 0 Å². The highest BCUT2D eigenvalue weighted by atomic mass is 16.1. The Morgan fingerprint density at radius 1 is 1.33 bits per heavy atom. The molecule has 0 bridgehead atoms. The second kappa shape index (κ2) is 5.11. The Morgan fingerprint density at radius 2 is 1.87 bits per heavy atom. The van der Waals surface area contributed by atoms with Crippen LogP contribution >= 0.6 is 0 Å². The molecule has 1 rings (SSSR count). The standard InChI is InChI=1S/C13H25NO/c1-11(15)13(2,3)10-14(4)9-12-7-5-6-8-12/h12H,5-10H2,1-4H3. The topological polar surface area (TPSA) is 20.3 Å². The molecule has 0 N–H and O–H groups in total. The molecule has 0 aliphatic heterocycles. The molecule has 0 spiro atoms. The molecule has 0 amide bonds. The van der Waals surface area contributed by atoms with E-state index in [-0.39, 0.29) is 5.41 Å². The summed E-state index contributed by atoms with van der Waals surface area (Å²) in [5.74, 6) is 1.17. The summed E-state index contributed by atoms with van der Waals surface area (Å²) in [5, 5.41) is 0. The molecule has 0 aromatic heterocycles. The average molecular weight is 211 g/mol. The zero-order valence-electron chi connectivity index (χ0n) is 10.7. The van der Waals surface area contributed by atoms with E-state index in [0.717, 1.165) is 19.0 Å². The first-order chi connectivity index (χ1) is 6.92. The first-order valence-electron chi connectivity index (χ1n) is 6.11. The number of carbonyl (C=O) groups is 1. The molecule has 0 radical (unpaired) electrons. The Kier molecular flexibility index (Phi) is 4.32. The van der Waals surface area contributed by atoms with Gasteiger partial charge in [-0.2, -0.15) is 0 Å². The van der Waals surface area contributed by atoms with Crippen LogP contribution in [0.5, 0.6) is 0 Å². The molecule has 1 aliphatic rings. The molecule has 0 saturated heterocycles. The molecule has 0 aromatic rings. The molecule has 2 nitrogen and oxygen atoms in total. The van der Waals surface area contributed by atoms with Crippen molar-refractivity contribution in [1.82, 2.24) is 4.90 Å². The predicted molar refractivity (Wildman–Crippen MR) is 63.9 cm³/mol. The van der Waals surface area contributed by atoms with Gasteiger partial charge in [0.15, 0.2) is 0 Å². The number of hydrogen-bond acceptors (Lipinski definition) is 2. The molecule has 15 heavy (non-hydrogen) atoms. The fraction of sp³-hybridized carbons (Fsp3) is 0.923. The number of carbonyl (C=O) groups excluding carboxylic acids is 1. The smallest absolute Gasteiger partial charge is 0.136 e. The fourth-order valence-electron chi connectivity index (χ4n) is 2.48. The van der Waals surface area contributed by atoms with Crippen LogP contribution in [0.15, 0.2) is 0 Å². The maximum absolute atomic E-state index is 11.4. The van der Waals surface area contributed by atoms with Crippen LogP contribution in [0.2, 0.25) is 0 Å². The summed E-state index contributed by atoms with van der Waals surface area (Å²) >= 11 is 0. The fourth-order valence-corrected chi connectivity index (χ4v) is 2.48. The number of nitrogens with zero attached hydrogens (tertiary/aromatic N) is 1. The average Bonchev–Trinajstić information content (AvgIpc) is 2.54. The van der Waals surface area contributed by atoms with Crippen molar-refractivity contribution in [2.45, 2.75) is 46.5 Å². The van der Waals surface area contributed by atoms with Crippen LogP contribution in [-0.2, 0) is 4.79 Å². The Bertz CT molecular complexity index is 217. The van der Waals surface area contributed by atoms with Crippen molar-refractivity contribution in [2.75, 3.05) is 20.1 Å². The molecule has 1 aliphatic carbocycles. The van der Waals surface area contributed by atoms with Gasteiger partial charge in [0.1, 0.15) is 5.78 Å². The van der Waals surface area contributed by atoms with Gasteiger partial charge in [-0.15, -0.1) is 0 Å². The Labute approximate surface area is 94.0 Å². The van der Waals surface area contributed by atoms with E-state index in [0.29, 0.717) is 5.78 Å². The van der Waals surface area contributed by atoms with Crippen LogP contribution in [0.4, 0.5) is 0 Å². The molecule has 0 aromatic carbocycles. The van der Waals surface area contributed by atoms with E-state index >= 15 is 0 Å². The highest BCUT2D eigenvalue weighted by Crippen LogP contribution is 2.26. The predicted octanol–water partition coefficient (Wildman–Crippen LogP) is 2.72. The van der Waals surface area contributed by atoms with E-state index in [4.69, 9.17) is 0 Å². The quantitative estimate of drug-likeness (QED) is 0.697. The van der Waals surface area contributed by atoms with Gasteiger partial charge in [0, 0.05) is 18.5 Å². The lowest BCUT2D eigenvalue weighted by Gasteiger charge is -2.29. The minimum Gasteiger partial charge on any atom is -0.305 e. The van der Waals surface area contributed by atoms with Crippen LogP contribution in [0.3, 0.4) is 0 Å². The van der Waals surface area contributed by atoms with E-state index in [2.05, 4.69) is 11.9 Å². The molecular formula is C13H25NO. The highest BCUT2D eigenvalue weighted by Gasteiger charge is 2.26. The number of ketones is 1. The third-order valence-electron chi connectivity index (χ3n) is 3.66. The van der Waals surface area contributed by atoms with Gasteiger partial charge >= 0.3 is 0 Å². The Hall–Kier alpha value is -0.370. The van der Waals surface area contributed by atoms with Gasteiger partial charge < -0.3 is 4.90 Å². The maximum atomic E-state index is 11.4. The van der Waals surface area contributed by atoms with Crippen LogP contribution in [0, 0.1) is 11.3 Å². The van der Waals surface area contributed by atoms with Gasteiger partial charge in [0.25, 0.3) is 0 Å². The molecule has 0 atom stereocenters. The monoisotopic (exact) mass is 211 g/mol. The lowest BCUT2D eigenvalue weighted by atomic mass is 9.88. The van der Waals surface area contributed by atoms with E-state index in [9.17, 15) is 4.79 Å². The van der Waals surface area contributed by atoms with Gasteiger partial charge in [-0.25, -0.2) is 0 Å². The highest BCUT2D eigenvalue weighted by molar-refractivity contribution is 5.81. The van der Waals surface area contributed by atoms with Crippen molar-refractivity contribution >= 4 is 5.78 Å². The van der Waals surface area contributed by atoms with Gasteiger partial charge in [0.05, 0.1) is 0 Å². The van der Waals surface area contributed by atoms with Crippen molar-refractivity contribution in [3.05, 3.63) is 0 Å². The van der Waals surface area contributed by atoms with E-state index in [1.165, 1.54) is 25.7 Å². The first kappa shape index (κ1) is 12.7. The Morgan fingerprint density at radius 3 is 2.33 bits per heavy atom. The minimum absolute atomic E-state index is 0.187. The summed E-state index contributed by atoms with van der Waals surface area (Å²) < 4.78 is 0. The Balaban J connectivity index is 2.34. The van der Waals surface area contributed by atoms with Crippen molar-refractivity contribution in [3.8, 4) is 0 Å². The lowest BCUT2D eigenvalue weighted by Crippen LogP contribution is -2.38. The summed E-state index contributed by atoms with van der Waals surface area (Å²) in [6.45, 7) is 7.83. The molecule has 0 heterocycles. The van der Waals surface area contributed by atoms with E-state index in [1.807, 2.05) is 13.8 Å². The molecule has 1 fully saturated rings. The van der Waals surface area contributed by atoms with Crippen molar-refractivity contribution in [1.29, 1.82) is 0 Å². The molecule has 0 unspecified atom stereocenters. The maximum Gasteiger partial charge on any atom is 0.136 e. The molecule has 1 saturated carbocycles. The lowest BCUT2D eigenvalue weighted by molar-refractivity contribution is -0.125. The minimum atomic E-state index is -0.187. The normalized spacial score (nSPS) is 18.7. The molecule has 88 valence electrons. The molecular weight excluding hydrogens is 186 g/mol. The summed E-state index contributed by atoms with van der Waals surface area (Å²) in [6.07, 6.45) is 5.55. The number of Topliss-reactive ketones (excluding diaryl/α,β-unsaturated/α-hetero) is 1. The van der Waals surface area contributed by atoms with Crippen molar-refractivity contribution < 1.29 is 4.79 Å². The van der Waals surface area contributed by atoms with Gasteiger partial charge in [-0.05, 0) is 32.7 Å². The zero-order chi connectivity index (χ0) is 11.5. The van der Waals surface area contributed by atoms with Gasteiger partial charge in [-0.3, -0.25) is 4.79 Å². The van der Waals surface area contributed by atoms with E-state index < -0.39 is 0 Å². The summed E-state index contributed by atoms with van der Waals surface area (Å²) in [4.78, 5) is 13.7. The summed E-state index contributed by atoms with van der Waals surface area (Å²) in [7, 11) is 2.14. The third kappa shape index (κ3) is 3.94. The molecule has 2 heteroatoms. The zero-order valence-corrected chi connectivity index (χ0v) is 10.7. The largest absolute Gasteiger partial charge is 0.305 e. The second-order valence-electron chi connectivity index (χ2n) is 5.79.